The van der Waals surface area contributed by atoms with E-state index in [1.807, 2.05) is 30.3 Å². The maximum absolute atomic E-state index is 12.7. The van der Waals surface area contributed by atoms with Gasteiger partial charge in [0.15, 0.2) is 0 Å². The van der Waals surface area contributed by atoms with Gasteiger partial charge in [0, 0.05) is 23.2 Å². The number of aromatic nitrogens is 3. The Labute approximate surface area is 125 Å². The first-order valence-electron chi connectivity index (χ1n) is 7.02. The van der Waals surface area contributed by atoms with Crippen LogP contribution in [0.5, 0.6) is 0 Å². The number of para-hydroxylation sites is 1. The molecule has 3 aromatic heterocycles. The molecule has 1 aliphatic rings. The second-order valence-electron chi connectivity index (χ2n) is 5.29. The summed E-state index contributed by atoms with van der Waals surface area (Å²) in [4.78, 5) is 26.2. The van der Waals surface area contributed by atoms with E-state index in [0.717, 1.165) is 27.4 Å². The molecule has 3 heterocycles. The Hall–Kier alpha value is -3.14. The summed E-state index contributed by atoms with van der Waals surface area (Å²) in [6, 6.07) is 13.4. The summed E-state index contributed by atoms with van der Waals surface area (Å²) in [6.07, 6.45) is 3.38. The van der Waals surface area contributed by atoms with Gasteiger partial charge >= 0.3 is 0 Å². The van der Waals surface area contributed by atoms with E-state index in [-0.39, 0.29) is 5.78 Å². The normalized spacial score (nSPS) is 12.6. The molecule has 1 aromatic carbocycles. The van der Waals surface area contributed by atoms with E-state index < -0.39 is 0 Å². The van der Waals surface area contributed by atoms with Crippen LogP contribution in [0.15, 0.2) is 54.9 Å². The zero-order chi connectivity index (χ0) is 14.7. The lowest BCUT2D eigenvalue weighted by Crippen LogP contribution is -2.14. The van der Waals surface area contributed by atoms with Crippen LogP contribution >= 0.6 is 0 Å². The van der Waals surface area contributed by atoms with Crippen LogP contribution in [-0.2, 0) is 0 Å². The van der Waals surface area contributed by atoms with Crippen LogP contribution in [0.4, 0.5) is 0 Å². The number of carbonyl (C=O) groups is 1. The lowest BCUT2D eigenvalue weighted by molar-refractivity contribution is 0.103. The van der Waals surface area contributed by atoms with Crippen molar-refractivity contribution in [3.63, 3.8) is 0 Å². The van der Waals surface area contributed by atoms with Crippen LogP contribution in [0, 0.1) is 0 Å². The van der Waals surface area contributed by atoms with Gasteiger partial charge in [-0.3, -0.25) is 14.8 Å². The fourth-order valence-corrected chi connectivity index (χ4v) is 3.15. The standard InChI is InChI=1S/C18H9N3O/c22-18-12-5-3-8-19-15(12)16-14-11(7-9-20-17(14)18)10-4-1-2-6-13(10)21-16/h1-9H. The first kappa shape index (κ1) is 11.5. The number of ketones is 1. The summed E-state index contributed by atoms with van der Waals surface area (Å²) in [7, 11) is 0. The van der Waals surface area contributed by atoms with Crippen molar-refractivity contribution in [1.29, 1.82) is 0 Å². The van der Waals surface area contributed by atoms with Crippen molar-refractivity contribution >= 4 is 27.5 Å². The predicted molar refractivity (Wildman–Crippen MR) is 83.7 cm³/mol. The van der Waals surface area contributed by atoms with Crippen molar-refractivity contribution in [3.05, 3.63) is 66.1 Å². The minimum absolute atomic E-state index is 0.0849. The maximum atomic E-state index is 12.7. The summed E-state index contributed by atoms with van der Waals surface area (Å²) in [5, 5.41) is 2.82. The SMILES string of the molecule is O=C1c2cccnc2-c2nc3ccccc3c3ccnc1c23. The van der Waals surface area contributed by atoms with Crippen molar-refractivity contribution in [1.82, 2.24) is 15.0 Å². The van der Waals surface area contributed by atoms with Crippen LogP contribution in [0.2, 0.25) is 0 Å². The Bertz CT molecular complexity index is 1100. The number of rotatable bonds is 0. The lowest BCUT2D eigenvalue weighted by atomic mass is 9.91. The van der Waals surface area contributed by atoms with Gasteiger partial charge in [-0.2, -0.15) is 0 Å². The van der Waals surface area contributed by atoms with E-state index in [9.17, 15) is 4.79 Å². The van der Waals surface area contributed by atoms with Gasteiger partial charge in [-0.05, 0) is 29.7 Å². The van der Waals surface area contributed by atoms with Gasteiger partial charge in [-0.15, -0.1) is 0 Å². The van der Waals surface area contributed by atoms with E-state index in [1.54, 1.807) is 24.5 Å². The molecule has 0 atom stereocenters. The first-order chi connectivity index (χ1) is 10.8. The minimum atomic E-state index is -0.0849. The molecule has 5 rings (SSSR count). The van der Waals surface area contributed by atoms with Crippen molar-refractivity contribution in [3.8, 4) is 11.4 Å². The predicted octanol–water partition coefficient (Wildman–Crippen LogP) is 3.39. The summed E-state index contributed by atoms with van der Waals surface area (Å²) in [6.45, 7) is 0. The van der Waals surface area contributed by atoms with Crippen molar-refractivity contribution in [2.24, 2.45) is 0 Å². The van der Waals surface area contributed by atoms with E-state index in [0.29, 0.717) is 17.0 Å². The van der Waals surface area contributed by atoms with Gasteiger partial charge in [0.05, 0.1) is 11.1 Å². The smallest absolute Gasteiger partial charge is 0.214 e. The number of benzene rings is 1. The summed E-state index contributed by atoms with van der Waals surface area (Å²) < 4.78 is 0. The molecule has 4 heteroatoms. The van der Waals surface area contributed by atoms with E-state index in [4.69, 9.17) is 4.98 Å². The molecule has 0 bridgehead atoms. The van der Waals surface area contributed by atoms with Crippen LogP contribution in [0.3, 0.4) is 0 Å². The highest BCUT2D eigenvalue weighted by Crippen LogP contribution is 2.38. The third-order valence-electron chi connectivity index (χ3n) is 4.11. The summed E-state index contributed by atoms with van der Waals surface area (Å²) >= 11 is 0. The van der Waals surface area contributed by atoms with Gasteiger partial charge in [-0.25, -0.2) is 4.98 Å². The Morgan fingerprint density at radius 1 is 0.727 bits per heavy atom. The van der Waals surface area contributed by atoms with Gasteiger partial charge in [0.1, 0.15) is 17.1 Å². The first-order valence-corrected chi connectivity index (χ1v) is 7.02. The lowest BCUT2D eigenvalue weighted by Gasteiger charge is -2.18. The van der Waals surface area contributed by atoms with Crippen LogP contribution in [0.25, 0.3) is 33.1 Å². The topological polar surface area (TPSA) is 55.7 Å². The summed E-state index contributed by atoms with van der Waals surface area (Å²) in [5.41, 5.74) is 3.31. The van der Waals surface area contributed by atoms with Crippen molar-refractivity contribution in [2.45, 2.75) is 0 Å². The zero-order valence-corrected chi connectivity index (χ0v) is 11.4. The van der Waals surface area contributed by atoms with Crippen LogP contribution in [0.1, 0.15) is 16.1 Å². The van der Waals surface area contributed by atoms with Gasteiger partial charge in [0.25, 0.3) is 0 Å². The molecule has 0 spiro atoms. The number of fused-ring (bicyclic) bond motifs is 4. The number of nitrogens with zero attached hydrogens (tertiary/aromatic N) is 3. The quantitative estimate of drug-likeness (QED) is 0.409. The molecule has 0 radical (unpaired) electrons. The molecule has 22 heavy (non-hydrogen) atoms. The second kappa shape index (κ2) is 3.95. The average Bonchev–Trinajstić information content (AvgIpc) is 2.59. The minimum Gasteiger partial charge on any atom is -0.287 e. The Kier molecular flexibility index (Phi) is 2.07. The van der Waals surface area contributed by atoms with Crippen molar-refractivity contribution < 1.29 is 4.79 Å². The van der Waals surface area contributed by atoms with Gasteiger partial charge in [-0.1, -0.05) is 18.2 Å². The van der Waals surface area contributed by atoms with Gasteiger partial charge in [0.2, 0.25) is 5.78 Å². The molecule has 0 unspecified atom stereocenters. The fraction of sp³-hybridized carbons (Fsp3) is 0. The fourth-order valence-electron chi connectivity index (χ4n) is 3.15. The Morgan fingerprint density at radius 2 is 1.59 bits per heavy atom. The third-order valence-corrected chi connectivity index (χ3v) is 4.11. The second-order valence-corrected chi connectivity index (χ2v) is 5.29. The molecule has 0 amide bonds. The van der Waals surface area contributed by atoms with Crippen LogP contribution < -0.4 is 0 Å². The monoisotopic (exact) mass is 283 g/mol. The molecule has 1 aliphatic carbocycles. The van der Waals surface area contributed by atoms with Crippen LogP contribution in [-0.4, -0.2) is 20.7 Å². The van der Waals surface area contributed by atoms with E-state index in [1.165, 1.54) is 0 Å². The number of hydrogen-bond donors (Lipinski definition) is 0. The largest absolute Gasteiger partial charge is 0.287 e. The molecular formula is C18H9N3O. The molecule has 0 fully saturated rings. The van der Waals surface area contributed by atoms with Crippen molar-refractivity contribution in [2.75, 3.05) is 0 Å². The van der Waals surface area contributed by atoms with E-state index >= 15 is 0 Å². The Balaban J connectivity index is 2.11. The molecular weight excluding hydrogens is 274 g/mol. The number of hydrogen-bond acceptors (Lipinski definition) is 4. The summed E-state index contributed by atoms with van der Waals surface area (Å²) in [5.74, 6) is -0.0849. The zero-order valence-electron chi connectivity index (χ0n) is 11.4. The Morgan fingerprint density at radius 3 is 2.55 bits per heavy atom. The highest BCUT2D eigenvalue weighted by Gasteiger charge is 2.28. The third kappa shape index (κ3) is 1.31. The highest BCUT2D eigenvalue weighted by molar-refractivity contribution is 6.26. The number of carbonyl (C=O) groups excluding carboxylic acids is 1. The molecule has 102 valence electrons. The maximum Gasteiger partial charge on any atom is 0.214 e. The highest BCUT2D eigenvalue weighted by atomic mass is 16.1. The molecule has 4 aromatic rings. The molecule has 4 nitrogen and oxygen atoms in total. The molecule has 0 aliphatic heterocycles. The number of pyridine rings is 3. The molecule has 0 saturated heterocycles. The van der Waals surface area contributed by atoms with E-state index in [2.05, 4.69) is 9.97 Å². The molecule has 0 N–H and O–H groups in total. The van der Waals surface area contributed by atoms with Gasteiger partial charge < -0.3 is 0 Å². The molecule has 0 saturated carbocycles. The average molecular weight is 283 g/mol.